The average molecular weight is 288 g/mol. The number of anilines is 1. The summed E-state index contributed by atoms with van der Waals surface area (Å²) in [6.45, 7) is -1.45. The molecule has 0 bridgehead atoms. The third-order valence-electron chi connectivity index (χ3n) is 1.68. The molecule has 2 N–H and O–H groups in total. The number of hydrogen-bond acceptors (Lipinski definition) is 3. The summed E-state index contributed by atoms with van der Waals surface area (Å²) >= 11 is 5.66. The Morgan fingerprint density at radius 3 is 2.65 bits per heavy atom. The average Bonchev–Trinajstić information content (AvgIpc) is 2.19. The van der Waals surface area contributed by atoms with E-state index >= 15 is 0 Å². The first-order valence-corrected chi connectivity index (χ1v) is 6.07. The molecule has 1 atom stereocenters. The zero-order valence-corrected chi connectivity index (χ0v) is 10.0. The standard InChI is InChI=1S/C9H9ClF3NO2S/c10-6-1-2-7(14)8(3-6)17(15)5-16-4-9(11,12)13/h1-3H,4-5,14H2. The van der Waals surface area contributed by atoms with Crippen LogP contribution in [0.1, 0.15) is 0 Å². The molecule has 3 nitrogen and oxygen atoms in total. The first kappa shape index (κ1) is 14.3. The highest BCUT2D eigenvalue weighted by atomic mass is 35.5. The summed E-state index contributed by atoms with van der Waals surface area (Å²) in [5, 5.41) is 0.304. The first-order valence-electron chi connectivity index (χ1n) is 4.37. The van der Waals surface area contributed by atoms with Crippen molar-refractivity contribution in [1.29, 1.82) is 0 Å². The molecular weight excluding hydrogens is 279 g/mol. The van der Waals surface area contributed by atoms with Gasteiger partial charge in [0.1, 0.15) is 12.5 Å². The Hall–Kier alpha value is -0.790. The smallest absolute Gasteiger partial charge is 0.398 e. The summed E-state index contributed by atoms with van der Waals surface area (Å²) in [6, 6.07) is 4.26. The van der Waals surface area contributed by atoms with E-state index in [0.29, 0.717) is 5.02 Å². The van der Waals surface area contributed by atoms with Gasteiger partial charge in [-0.15, -0.1) is 0 Å². The van der Waals surface area contributed by atoms with Gasteiger partial charge in [0.15, 0.2) is 0 Å². The fourth-order valence-electron chi connectivity index (χ4n) is 1.00. The molecule has 0 saturated heterocycles. The monoisotopic (exact) mass is 287 g/mol. The van der Waals surface area contributed by atoms with Gasteiger partial charge in [0.05, 0.1) is 15.7 Å². The van der Waals surface area contributed by atoms with Gasteiger partial charge in [-0.25, -0.2) is 0 Å². The van der Waals surface area contributed by atoms with E-state index in [0.717, 1.165) is 0 Å². The number of benzene rings is 1. The van der Waals surface area contributed by atoms with Crippen molar-refractivity contribution < 1.29 is 22.1 Å². The zero-order chi connectivity index (χ0) is 13.1. The fourth-order valence-corrected chi connectivity index (χ4v) is 2.19. The number of alkyl halides is 3. The molecule has 0 aliphatic carbocycles. The van der Waals surface area contributed by atoms with Crippen LogP contribution in [0.25, 0.3) is 0 Å². The molecule has 1 aromatic carbocycles. The van der Waals surface area contributed by atoms with Gasteiger partial charge in [-0.1, -0.05) is 11.6 Å². The Labute approximate surface area is 103 Å². The Balaban J connectivity index is 2.61. The van der Waals surface area contributed by atoms with Crippen molar-refractivity contribution in [2.75, 3.05) is 18.3 Å². The molecule has 96 valence electrons. The number of hydrogen-bond donors (Lipinski definition) is 1. The third-order valence-corrected chi connectivity index (χ3v) is 3.14. The van der Waals surface area contributed by atoms with Crippen LogP contribution in [0.2, 0.25) is 5.02 Å². The second kappa shape index (κ2) is 5.70. The minimum atomic E-state index is -4.44. The summed E-state index contributed by atoms with van der Waals surface area (Å²) < 4.78 is 51.2. The lowest BCUT2D eigenvalue weighted by molar-refractivity contribution is -0.169. The fraction of sp³-hybridized carbons (Fsp3) is 0.333. The Morgan fingerprint density at radius 2 is 2.06 bits per heavy atom. The van der Waals surface area contributed by atoms with E-state index < -0.39 is 29.5 Å². The van der Waals surface area contributed by atoms with Gasteiger partial charge in [0.2, 0.25) is 0 Å². The van der Waals surface area contributed by atoms with Crippen molar-refractivity contribution >= 4 is 28.1 Å². The molecule has 0 radical (unpaired) electrons. The van der Waals surface area contributed by atoms with E-state index in [4.69, 9.17) is 17.3 Å². The van der Waals surface area contributed by atoms with Crippen LogP contribution in [0.4, 0.5) is 18.9 Å². The summed E-state index contributed by atoms with van der Waals surface area (Å²) in [5.41, 5.74) is 5.72. The van der Waals surface area contributed by atoms with Crippen LogP contribution in [-0.2, 0) is 15.5 Å². The molecule has 1 rings (SSSR count). The first-order chi connectivity index (χ1) is 7.79. The second-order valence-corrected chi connectivity index (χ2v) is 4.91. The van der Waals surface area contributed by atoms with Crippen molar-refractivity contribution in [2.45, 2.75) is 11.1 Å². The molecule has 17 heavy (non-hydrogen) atoms. The number of nitrogen functional groups attached to an aromatic ring is 1. The van der Waals surface area contributed by atoms with Crippen LogP contribution < -0.4 is 5.73 Å². The number of halogens is 4. The van der Waals surface area contributed by atoms with E-state index in [1.165, 1.54) is 18.2 Å². The Kier molecular flexibility index (Phi) is 4.79. The molecule has 8 heteroatoms. The van der Waals surface area contributed by atoms with Gasteiger partial charge in [0, 0.05) is 10.7 Å². The molecule has 0 saturated carbocycles. The van der Waals surface area contributed by atoms with E-state index in [2.05, 4.69) is 4.74 Å². The highest BCUT2D eigenvalue weighted by Gasteiger charge is 2.27. The van der Waals surface area contributed by atoms with Crippen LogP contribution in [0.5, 0.6) is 0 Å². The van der Waals surface area contributed by atoms with Crippen LogP contribution in [0, 0.1) is 0 Å². The highest BCUT2D eigenvalue weighted by molar-refractivity contribution is 7.85. The molecular formula is C9H9ClF3NO2S. The minimum Gasteiger partial charge on any atom is -0.398 e. The van der Waals surface area contributed by atoms with Gasteiger partial charge in [-0.2, -0.15) is 13.2 Å². The summed E-state index contributed by atoms with van der Waals surface area (Å²) in [4.78, 5) is 0.166. The molecule has 0 fully saturated rings. The SMILES string of the molecule is Nc1ccc(Cl)cc1S(=O)COCC(F)(F)F. The number of nitrogens with two attached hydrogens (primary N) is 1. The Morgan fingerprint density at radius 1 is 1.41 bits per heavy atom. The summed E-state index contributed by atoms with van der Waals surface area (Å²) in [5.74, 6) is -0.579. The van der Waals surface area contributed by atoms with Crippen molar-refractivity contribution in [3.05, 3.63) is 23.2 Å². The van der Waals surface area contributed by atoms with Crippen LogP contribution in [-0.4, -0.2) is 22.9 Å². The van der Waals surface area contributed by atoms with Gasteiger partial charge in [-0.05, 0) is 18.2 Å². The van der Waals surface area contributed by atoms with Crippen LogP contribution in [0.3, 0.4) is 0 Å². The highest BCUT2D eigenvalue weighted by Crippen LogP contribution is 2.22. The zero-order valence-electron chi connectivity index (χ0n) is 8.46. The summed E-state index contributed by atoms with van der Waals surface area (Å²) in [7, 11) is -1.77. The lowest BCUT2D eigenvalue weighted by atomic mass is 10.3. The maximum Gasteiger partial charge on any atom is 0.411 e. The quantitative estimate of drug-likeness (QED) is 0.866. The molecule has 0 aliphatic rings. The van der Waals surface area contributed by atoms with E-state index in [-0.39, 0.29) is 10.6 Å². The third kappa shape index (κ3) is 4.93. The topological polar surface area (TPSA) is 52.3 Å². The maximum atomic E-state index is 11.8. The molecule has 0 heterocycles. The van der Waals surface area contributed by atoms with Gasteiger partial charge < -0.3 is 10.5 Å². The van der Waals surface area contributed by atoms with Crippen molar-refractivity contribution in [3.8, 4) is 0 Å². The van der Waals surface area contributed by atoms with Crippen molar-refractivity contribution in [2.24, 2.45) is 0 Å². The lowest BCUT2D eigenvalue weighted by Gasteiger charge is -2.09. The van der Waals surface area contributed by atoms with Crippen molar-refractivity contribution in [1.82, 2.24) is 0 Å². The predicted molar refractivity (Wildman–Crippen MR) is 59.1 cm³/mol. The molecule has 1 unspecified atom stereocenters. The number of ether oxygens (including phenoxy) is 1. The largest absolute Gasteiger partial charge is 0.411 e. The van der Waals surface area contributed by atoms with Crippen LogP contribution in [0.15, 0.2) is 23.1 Å². The van der Waals surface area contributed by atoms with Crippen LogP contribution >= 0.6 is 11.6 Å². The van der Waals surface area contributed by atoms with Crippen molar-refractivity contribution in [3.63, 3.8) is 0 Å². The maximum absolute atomic E-state index is 11.8. The molecule has 0 aromatic heterocycles. The Bertz CT molecular complexity index is 425. The molecule has 1 aromatic rings. The van der Waals surface area contributed by atoms with Gasteiger partial charge in [-0.3, -0.25) is 4.21 Å². The lowest BCUT2D eigenvalue weighted by Crippen LogP contribution is -2.19. The second-order valence-electron chi connectivity index (χ2n) is 3.11. The van der Waals surface area contributed by atoms with E-state index in [9.17, 15) is 17.4 Å². The molecule has 0 amide bonds. The number of rotatable bonds is 4. The molecule has 0 aliphatic heterocycles. The van der Waals surface area contributed by atoms with Gasteiger partial charge >= 0.3 is 6.18 Å². The minimum absolute atomic E-state index is 0.166. The van der Waals surface area contributed by atoms with Gasteiger partial charge in [0.25, 0.3) is 0 Å². The molecule has 0 spiro atoms. The normalized spacial score (nSPS) is 13.6. The summed E-state index contributed by atoms with van der Waals surface area (Å²) in [6.07, 6.45) is -4.44. The van der Waals surface area contributed by atoms with E-state index in [1.807, 2.05) is 0 Å². The predicted octanol–water partition coefficient (Wildman–Crippen LogP) is 2.57. The van der Waals surface area contributed by atoms with E-state index in [1.54, 1.807) is 0 Å².